The third kappa shape index (κ3) is 4.36. The Balaban J connectivity index is 2.57. The number of nitrogens with one attached hydrogen (secondary N) is 1. The summed E-state index contributed by atoms with van der Waals surface area (Å²) in [5.41, 5.74) is 3.30. The van der Waals surface area contributed by atoms with Crippen LogP contribution in [-0.2, 0) is 0 Å². The highest BCUT2D eigenvalue weighted by Crippen LogP contribution is 2.25. The fraction of sp³-hybridized carbons (Fsp3) is 0.778. The van der Waals surface area contributed by atoms with Crippen molar-refractivity contribution in [1.29, 1.82) is 0 Å². The molecule has 6 heteroatoms. The number of nitrogens with zero attached hydrogens (tertiary/aromatic N) is 1. The molecule has 86 valence electrons. The fourth-order valence-electron chi connectivity index (χ4n) is 1.72. The maximum Gasteiger partial charge on any atom is 0.148 e. The van der Waals surface area contributed by atoms with Crippen LogP contribution in [0.3, 0.4) is 0 Å². The summed E-state index contributed by atoms with van der Waals surface area (Å²) in [5, 5.41) is 12.5. The second kappa shape index (κ2) is 7.03. The molecule has 1 fully saturated rings. The highest BCUT2D eigenvalue weighted by Gasteiger charge is 2.20. The van der Waals surface area contributed by atoms with Crippen LogP contribution >= 0.6 is 24.0 Å². The maximum absolute atomic E-state index is 8.94. The van der Waals surface area contributed by atoms with Crippen LogP contribution in [0, 0.1) is 0 Å². The summed E-state index contributed by atoms with van der Waals surface area (Å²) in [5.74, 6) is 5.23. The molecule has 1 unspecified atom stereocenters. The molecule has 0 radical (unpaired) electrons. The molecule has 1 atom stereocenters. The summed E-state index contributed by atoms with van der Waals surface area (Å²) >= 11 is 6.49. The molecule has 1 saturated carbocycles. The SMILES string of the molecule is NNC(=S)SC1CCCCCC/C1=N\O. The van der Waals surface area contributed by atoms with Gasteiger partial charge in [-0.15, -0.1) is 0 Å². The van der Waals surface area contributed by atoms with Gasteiger partial charge < -0.3 is 10.6 Å². The van der Waals surface area contributed by atoms with E-state index in [1.807, 2.05) is 0 Å². The first kappa shape index (κ1) is 12.7. The van der Waals surface area contributed by atoms with E-state index in [-0.39, 0.29) is 5.25 Å². The second-order valence-corrected chi connectivity index (χ2v) is 5.46. The molecule has 0 aliphatic heterocycles. The molecule has 0 spiro atoms. The summed E-state index contributed by atoms with van der Waals surface area (Å²) in [4.78, 5) is 0. The van der Waals surface area contributed by atoms with E-state index in [0.717, 1.165) is 31.4 Å². The first-order valence-electron chi connectivity index (χ1n) is 5.16. The van der Waals surface area contributed by atoms with Gasteiger partial charge in [-0.1, -0.05) is 48.4 Å². The molecule has 4 nitrogen and oxygen atoms in total. The third-order valence-electron chi connectivity index (χ3n) is 2.52. The summed E-state index contributed by atoms with van der Waals surface area (Å²) in [6.07, 6.45) is 6.59. The summed E-state index contributed by atoms with van der Waals surface area (Å²) < 4.78 is 0.557. The minimum atomic E-state index is 0.179. The number of thioether (sulfide) groups is 1. The number of rotatable bonds is 1. The lowest BCUT2D eigenvalue weighted by Crippen LogP contribution is -2.30. The van der Waals surface area contributed by atoms with E-state index >= 15 is 0 Å². The Morgan fingerprint density at radius 2 is 2.20 bits per heavy atom. The molecular weight excluding hydrogens is 230 g/mol. The quantitative estimate of drug-likeness (QED) is 0.286. The van der Waals surface area contributed by atoms with Gasteiger partial charge in [-0.05, 0) is 19.3 Å². The summed E-state index contributed by atoms with van der Waals surface area (Å²) in [6, 6.07) is 0. The predicted molar refractivity (Wildman–Crippen MR) is 68.2 cm³/mol. The summed E-state index contributed by atoms with van der Waals surface area (Å²) in [6.45, 7) is 0. The van der Waals surface area contributed by atoms with Crippen LogP contribution in [0.5, 0.6) is 0 Å². The lowest BCUT2D eigenvalue weighted by molar-refractivity contribution is 0.315. The van der Waals surface area contributed by atoms with Crippen molar-refractivity contribution in [3.63, 3.8) is 0 Å². The Hall–Kier alpha value is -0.330. The number of thiocarbonyl (C=S) groups is 1. The van der Waals surface area contributed by atoms with Gasteiger partial charge >= 0.3 is 0 Å². The Bertz CT molecular complexity index is 246. The number of hydrazine groups is 1. The van der Waals surface area contributed by atoms with E-state index in [2.05, 4.69) is 10.6 Å². The molecule has 0 aromatic carbocycles. The summed E-state index contributed by atoms with van der Waals surface area (Å²) in [7, 11) is 0. The molecule has 15 heavy (non-hydrogen) atoms. The molecule has 0 amide bonds. The molecule has 0 aromatic heterocycles. The van der Waals surface area contributed by atoms with Crippen molar-refractivity contribution in [2.45, 2.75) is 43.8 Å². The smallest absolute Gasteiger partial charge is 0.148 e. The van der Waals surface area contributed by atoms with Gasteiger partial charge in [0.25, 0.3) is 0 Å². The molecular formula is C9H17N3OS2. The molecule has 1 aliphatic carbocycles. The molecule has 4 N–H and O–H groups in total. The number of nitrogens with two attached hydrogens (primary N) is 1. The third-order valence-corrected chi connectivity index (χ3v) is 4.05. The molecule has 0 saturated heterocycles. The monoisotopic (exact) mass is 247 g/mol. The zero-order valence-corrected chi connectivity index (χ0v) is 10.2. The van der Waals surface area contributed by atoms with Gasteiger partial charge in [0.15, 0.2) is 0 Å². The highest BCUT2D eigenvalue weighted by atomic mass is 32.2. The van der Waals surface area contributed by atoms with Crippen LogP contribution in [0.25, 0.3) is 0 Å². The largest absolute Gasteiger partial charge is 0.411 e. The van der Waals surface area contributed by atoms with Crippen molar-refractivity contribution in [3.05, 3.63) is 0 Å². The van der Waals surface area contributed by atoms with E-state index in [1.165, 1.54) is 24.6 Å². The van der Waals surface area contributed by atoms with E-state index in [1.54, 1.807) is 0 Å². The van der Waals surface area contributed by atoms with Crippen molar-refractivity contribution in [2.24, 2.45) is 11.0 Å². The van der Waals surface area contributed by atoms with Crippen LogP contribution < -0.4 is 11.3 Å². The van der Waals surface area contributed by atoms with Crippen molar-refractivity contribution >= 4 is 34.0 Å². The zero-order valence-electron chi connectivity index (χ0n) is 8.61. The zero-order chi connectivity index (χ0) is 11.1. The van der Waals surface area contributed by atoms with Gasteiger partial charge in [-0.25, -0.2) is 5.84 Å². The Morgan fingerprint density at radius 1 is 1.47 bits per heavy atom. The normalized spacial score (nSPS) is 25.7. The number of hydrogen-bond acceptors (Lipinski definition) is 5. The molecule has 1 aliphatic rings. The molecule has 0 heterocycles. The van der Waals surface area contributed by atoms with Gasteiger partial charge in [0, 0.05) is 0 Å². The molecule has 1 rings (SSSR count). The number of oxime groups is 1. The molecule has 0 bridgehead atoms. The highest BCUT2D eigenvalue weighted by molar-refractivity contribution is 8.23. The van der Waals surface area contributed by atoms with E-state index in [0.29, 0.717) is 4.32 Å². The van der Waals surface area contributed by atoms with Crippen LogP contribution in [0.15, 0.2) is 5.16 Å². The fourth-order valence-corrected chi connectivity index (χ4v) is 2.98. The average molecular weight is 247 g/mol. The standard InChI is InChI=1S/C9H17N3OS2/c10-11-9(14)15-8-6-4-2-1-3-5-7(8)12-13/h8,13H,1-6,10H2,(H,11,14)/b12-7+. The lowest BCUT2D eigenvalue weighted by Gasteiger charge is -2.20. The van der Waals surface area contributed by atoms with Gasteiger partial charge in [-0.3, -0.25) is 0 Å². The van der Waals surface area contributed by atoms with Crippen molar-refractivity contribution in [3.8, 4) is 0 Å². The first-order valence-corrected chi connectivity index (χ1v) is 6.44. The van der Waals surface area contributed by atoms with E-state index in [4.69, 9.17) is 23.3 Å². The first-order chi connectivity index (χ1) is 7.27. The van der Waals surface area contributed by atoms with E-state index < -0.39 is 0 Å². The van der Waals surface area contributed by atoms with Gasteiger partial charge in [0.2, 0.25) is 0 Å². The second-order valence-electron chi connectivity index (χ2n) is 3.58. The van der Waals surface area contributed by atoms with E-state index in [9.17, 15) is 0 Å². The Morgan fingerprint density at radius 3 is 2.87 bits per heavy atom. The number of hydrogen-bond donors (Lipinski definition) is 3. The molecule has 0 aromatic rings. The van der Waals surface area contributed by atoms with Crippen LogP contribution in [0.4, 0.5) is 0 Å². The van der Waals surface area contributed by atoms with Crippen LogP contribution in [0.2, 0.25) is 0 Å². The lowest BCUT2D eigenvalue weighted by atomic mass is 9.99. The van der Waals surface area contributed by atoms with Crippen molar-refractivity contribution in [1.82, 2.24) is 5.43 Å². The van der Waals surface area contributed by atoms with Gasteiger partial charge in [-0.2, -0.15) is 0 Å². The topological polar surface area (TPSA) is 70.6 Å². The maximum atomic E-state index is 8.94. The average Bonchev–Trinajstić information content (AvgIpc) is 2.22. The van der Waals surface area contributed by atoms with Crippen LogP contribution in [0.1, 0.15) is 38.5 Å². The van der Waals surface area contributed by atoms with Crippen molar-refractivity contribution < 1.29 is 5.21 Å². The predicted octanol–water partition coefficient (Wildman–Crippen LogP) is 2.02. The van der Waals surface area contributed by atoms with Crippen molar-refractivity contribution in [2.75, 3.05) is 0 Å². The van der Waals surface area contributed by atoms with Gasteiger partial charge in [0.05, 0.1) is 11.0 Å². The Kier molecular flexibility index (Phi) is 5.97. The minimum Gasteiger partial charge on any atom is -0.411 e. The van der Waals surface area contributed by atoms with Gasteiger partial charge in [0.1, 0.15) is 4.32 Å². The minimum absolute atomic E-state index is 0.179. The van der Waals surface area contributed by atoms with Crippen LogP contribution in [-0.4, -0.2) is 20.5 Å². The Labute approximate surface area is 99.6 Å².